The predicted molar refractivity (Wildman–Crippen MR) is 57.3 cm³/mol. The van der Waals surface area contributed by atoms with Gasteiger partial charge >= 0.3 is 5.97 Å². The number of hydrogen-bond acceptors (Lipinski definition) is 6. The lowest BCUT2D eigenvalue weighted by molar-refractivity contribution is 0.0392. The second-order valence-corrected chi connectivity index (χ2v) is 4.05. The monoisotopic (exact) mass is 240 g/mol. The van der Waals surface area contributed by atoms with Crippen molar-refractivity contribution in [1.82, 2.24) is 20.2 Å². The van der Waals surface area contributed by atoms with Gasteiger partial charge in [0.25, 0.3) is 5.82 Å². The van der Waals surface area contributed by atoms with E-state index in [2.05, 4.69) is 15.5 Å². The summed E-state index contributed by atoms with van der Waals surface area (Å²) in [5.41, 5.74) is 0. The molecule has 0 saturated carbocycles. The molecule has 17 heavy (non-hydrogen) atoms. The highest BCUT2D eigenvalue weighted by molar-refractivity contribution is 5.85. The third-order valence-corrected chi connectivity index (χ3v) is 2.69. The molecular weight excluding hydrogens is 224 g/mol. The van der Waals surface area contributed by atoms with E-state index in [1.54, 1.807) is 6.92 Å². The van der Waals surface area contributed by atoms with Crippen LogP contribution in [0.3, 0.4) is 0 Å². The Kier molecular flexibility index (Phi) is 3.68. The van der Waals surface area contributed by atoms with Gasteiger partial charge in [-0.2, -0.15) is 0 Å². The number of ether oxygens (including phenoxy) is 2. The Morgan fingerprint density at radius 1 is 1.59 bits per heavy atom. The smallest absolute Gasteiger partial charge is 0.378 e. The zero-order valence-corrected chi connectivity index (χ0v) is 10.00. The Morgan fingerprint density at radius 2 is 2.41 bits per heavy atom. The molecule has 0 bridgehead atoms. The molecule has 2 rings (SSSR count). The molecule has 1 aromatic heterocycles. The van der Waals surface area contributed by atoms with E-state index in [9.17, 15) is 4.79 Å². The second-order valence-electron chi connectivity index (χ2n) is 4.05. The average molecular weight is 240 g/mol. The molecule has 0 spiro atoms. The standard InChI is InChI=1S/C10H16N4O3/c1-3-16-10(15)9-11-12-13-14(9)6-8-5-4-7(2)17-8/h7-8H,3-6H2,1-2H3. The quantitative estimate of drug-likeness (QED) is 0.709. The maximum absolute atomic E-state index is 11.5. The lowest BCUT2D eigenvalue weighted by Gasteiger charge is -2.11. The van der Waals surface area contributed by atoms with Gasteiger partial charge in [-0.3, -0.25) is 0 Å². The van der Waals surface area contributed by atoms with Crippen LogP contribution in [0.25, 0.3) is 0 Å². The van der Waals surface area contributed by atoms with Crippen LogP contribution in [0, 0.1) is 0 Å². The van der Waals surface area contributed by atoms with Crippen LogP contribution in [-0.4, -0.2) is 45.0 Å². The van der Waals surface area contributed by atoms with Crippen molar-refractivity contribution in [1.29, 1.82) is 0 Å². The fourth-order valence-corrected chi connectivity index (χ4v) is 1.88. The molecule has 0 radical (unpaired) electrons. The first-order valence-corrected chi connectivity index (χ1v) is 5.79. The summed E-state index contributed by atoms with van der Waals surface area (Å²) < 4.78 is 12.0. The van der Waals surface area contributed by atoms with Crippen LogP contribution in [0.1, 0.15) is 37.3 Å². The molecule has 0 amide bonds. The molecule has 7 heteroatoms. The number of hydrogen-bond donors (Lipinski definition) is 0. The number of carbonyl (C=O) groups is 1. The molecular formula is C10H16N4O3. The molecule has 0 aromatic carbocycles. The molecule has 94 valence electrons. The SMILES string of the molecule is CCOC(=O)c1nnnn1CC1CCC(C)O1. The third-order valence-electron chi connectivity index (χ3n) is 2.69. The van der Waals surface area contributed by atoms with Crippen molar-refractivity contribution in [3.8, 4) is 0 Å². The molecule has 1 aromatic rings. The summed E-state index contributed by atoms with van der Waals surface area (Å²) in [4.78, 5) is 11.5. The highest BCUT2D eigenvalue weighted by atomic mass is 16.5. The highest BCUT2D eigenvalue weighted by Crippen LogP contribution is 2.20. The van der Waals surface area contributed by atoms with Gasteiger partial charge in [0.05, 0.1) is 25.4 Å². The van der Waals surface area contributed by atoms with Gasteiger partial charge in [-0.15, -0.1) is 5.10 Å². The number of carbonyl (C=O) groups excluding carboxylic acids is 1. The molecule has 2 unspecified atom stereocenters. The van der Waals surface area contributed by atoms with E-state index in [0.29, 0.717) is 13.2 Å². The Balaban J connectivity index is 2.01. The minimum Gasteiger partial charge on any atom is -0.460 e. The van der Waals surface area contributed by atoms with Gasteiger partial charge in [0.1, 0.15) is 0 Å². The van der Waals surface area contributed by atoms with Crippen molar-refractivity contribution in [2.45, 2.75) is 45.4 Å². The van der Waals surface area contributed by atoms with Gasteiger partial charge < -0.3 is 9.47 Å². The molecule has 1 aliphatic heterocycles. The van der Waals surface area contributed by atoms with E-state index in [1.165, 1.54) is 4.68 Å². The summed E-state index contributed by atoms with van der Waals surface area (Å²) >= 11 is 0. The van der Waals surface area contributed by atoms with Gasteiger partial charge in [0.2, 0.25) is 0 Å². The van der Waals surface area contributed by atoms with Crippen LogP contribution < -0.4 is 0 Å². The zero-order chi connectivity index (χ0) is 12.3. The fourth-order valence-electron chi connectivity index (χ4n) is 1.88. The number of esters is 1. The van der Waals surface area contributed by atoms with E-state index >= 15 is 0 Å². The molecule has 2 atom stereocenters. The minimum absolute atomic E-state index is 0.0710. The molecule has 0 aliphatic carbocycles. The first-order chi connectivity index (χ1) is 8.20. The molecule has 0 N–H and O–H groups in total. The summed E-state index contributed by atoms with van der Waals surface area (Å²) in [7, 11) is 0. The van der Waals surface area contributed by atoms with Gasteiger partial charge in [-0.1, -0.05) is 0 Å². The second kappa shape index (κ2) is 5.22. The molecule has 7 nitrogen and oxygen atoms in total. The minimum atomic E-state index is -0.497. The van der Waals surface area contributed by atoms with Crippen molar-refractivity contribution in [3.63, 3.8) is 0 Å². The van der Waals surface area contributed by atoms with Gasteiger partial charge in [0.15, 0.2) is 0 Å². The van der Waals surface area contributed by atoms with Crippen molar-refractivity contribution >= 4 is 5.97 Å². The summed E-state index contributed by atoms with van der Waals surface area (Å²) in [6.45, 7) is 4.58. The van der Waals surface area contributed by atoms with Gasteiger partial charge in [-0.05, 0) is 37.1 Å². The van der Waals surface area contributed by atoms with Crippen molar-refractivity contribution in [2.24, 2.45) is 0 Å². The van der Waals surface area contributed by atoms with Crippen LogP contribution in [0.4, 0.5) is 0 Å². The van der Waals surface area contributed by atoms with Gasteiger partial charge in [0, 0.05) is 0 Å². The van der Waals surface area contributed by atoms with Crippen LogP contribution in [0.2, 0.25) is 0 Å². The average Bonchev–Trinajstić information content (AvgIpc) is 2.89. The van der Waals surface area contributed by atoms with Crippen molar-refractivity contribution in [2.75, 3.05) is 6.61 Å². The normalized spacial score (nSPS) is 23.9. The van der Waals surface area contributed by atoms with Gasteiger partial charge in [-0.25, -0.2) is 9.48 Å². The summed E-state index contributed by atoms with van der Waals surface area (Å²) in [5.74, 6) is -0.362. The third kappa shape index (κ3) is 2.79. The Bertz CT molecular complexity index is 393. The van der Waals surface area contributed by atoms with E-state index in [0.717, 1.165) is 12.8 Å². The first-order valence-electron chi connectivity index (χ1n) is 5.79. The van der Waals surface area contributed by atoms with E-state index in [4.69, 9.17) is 9.47 Å². The molecule has 1 saturated heterocycles. The number of nitrogens with zero attached hydrogens (tertiary/aromatic N) is 4. The first kappa shape index (κ1) is 12.0. The lowest BCUT2D eigenvalue weighted by atomic mass is 10.2. The number of rotatable bonds is 4. The van der Waals surface area contributed by atoms with E-state index in [1.807, 2.05) is 6.92 Å². The maximum Gasteiger partial charge on any atom is 0.378 e. The molecule has 1 fully saturated rings. The predicted octanol–water partition coefficient (Wildman–Crippen LogP) is 0.417. The fraction of sp³-hybridized carbons (Fsp3) is 0.800. The van der Waals surface area contributed by atoms with Crippen LogP contribution >= 0.6 is 0 Å². The molecule has 2 heterocycles. The number of tetrazole rings is 1. The largest absolute Gasteiger partial charge is 0.460 e. The van der Waals surface area contributed by atoms with Crippen LogP contribution in [0.5, 0.6) is 0 Å². The highest BCUT2D eigenvalue weighted by Gasteiger charge is 2.25. The van der Waals surface area contributed by atoms with Crippen molar-refractivity contribution in [3.05, 3.63) is 5.82 Å². The lowest BCUT2D eigenvalue weighted by Crippen LogP contribution is -2.22. The Labute approximate surface area is 99.1 Å². The Morgan fingerprint density at radius 3 is 3.06 bits per heavy atom. The number of aromatic nitrogens is 4. The Hall–Kier alpha value is -1.50. The zero-order valence-electron chi connectivity index (χ0n) is 10.00. The van der Waals surface area contributed by atoms with Crippen LogP contribution in [-0.2, 0) is 16.0 Å². The van der Waals surface area contributed by atoms with E-state index in [-0.39, 0.29) is 18.0 Å². The summed E-state index contributed by atoms with van der Waals surface area (Å²) in [5, 5.41) is 10.9. The van der Waals surface area contributed by atoms with E-state index < -0.39 is 5.97 Å². The van der Waals surface area contributed by atoms with Crippen LogP contribution in [0.15, 0.2) is 0 Å². The van der Waals surface area contributed by atoms with Crippen molar-refractivity contribution < 1.29 is 14.3 Å². The molecule has 1 aliphatic rings. The maximum atomic E-state index is 11.5. The topological polar surface area (TPSA) is 79.1 Å². The summed E-state index contributed by atoms with van der Waals surface area (Å²) in [6, 6.07) is 0. The summed E-state index contributed by atoms with van der Waals surface area (Å²) in [6.07, 6.45) is 2.33.